The van der Waals surface area contributed by atoms with E-state index in [0.717, 1.165) is 11.1 Å². The van der Waals surface area contributed by atoms with E-state index in [1.54, 1.807) is 6.08 Å². The highest BCUT2D eigenvalue weighted by molar-refractivity contribution is 5.48. The quantitative estimate of drug-likeness (QED) is 0.540. The van der Waals surface area contributed by atoms with Gasteiger partial charge < -0.3 is 0 Å². The van der Waals surface area contributed by atoms with Gasteiger partial charge in [-0.1, -0.05) is 75.6 Å². The number of allylic oxidation sites excluding steroid dienone is 10. The van der Waals surface area contributed by atoms with Crippen LogP contribution in [-0.2, 0) is 0 Å². The summed E-state index contributed by atoms with van der Waals surface area (Å²) in [5, 5.41) is 0. The molecule has 0 spiro atoms. The van der Waals surface area contributed by atoms with Gasteiger partial charge in [0, 0.05) is 0 Å². The van der Waals surface area contributed by atoms with Crippen LogP contribution in [0.3, 0.4) is 0 Å². The summed E-state index contributed by atoms with van der Waals surface area (Å²) in [6.45, 7) is 15.5. The van der Waals surface area contributed by atoms with E-state index in [0.29, 0.717) is 0 Å². The number of rotatable bonds is 5. The van der Waals surface area contributed by atoms with Gasteiger partial charge >= 0.3 is 0 Å². The zero-order valence-electron chi connectivity index (χ0n) is 11.0. The van der Waals surface area contributed by atoms with Crippen molar-refractivity contribution in [2.75, 3.05) is 0 Å². The Morgan fingerprint density at radius 1 is 0.875 bits per heavy atom. The van der Waals surface area contributed by atoms with Crippen molar-refractivity contribution in [2.24, 2.45) is 0 Å². The molecule has 0 saturated carbocycles. The fraction of sp³-hybridized carbons (Fsp3) is 0.250. The molecule has 0 heteroatoms. The van der Waals surface area contributed by atoms with E-state index in [9.17, 15) is 0 Å². The molecule has 0 aliphatic rings. The Bertz CT molecular complexity index is 296. The molecular formula is C16H24. The fourth-order valence-electron chi connectivity index (χ4n) is 1.04. The van der Waals surface area contributed by atoms with Crippen molar-refractivity contribution in [3.8, 4) is 0 Å². The maximum atomic E-state index is 3.79. The molecule has 0 aliphatic heterocycles. The van der Waals surface area contributed by atoms with E-state index in [2.05, 4.69) is 13.2 Å². The van der Waals surface area contributed by atoms with Crippen molar-refractivity contribution in [2.45, 2.75) is 27.7 Å². The first-order valence-electron chi connectivity index (χ1n) is 5.71. The van der Waals surface area contributed by atoms with E-state index >= 15 is 0 Å². The first-order valence-corrected chi connectivity index (χ1v) is 5.71. The highest BCUT2D eigenvalue weighted by Crippen LogP contribution is 2.13. The van der Waals surface area contributed by atoms with E-state index in [-0.39, 0.29) is 0 Å². The minimum absolute atomic E-state index is 1.10. The molecule has 0 fully saturated rings. The van der Waals surface area contributed by atoms with Crippen LogP contribution in [0.1, 0.15) is 27.7 Å². The minimum Gasteiger partial charge on any atom is -0.0990 e. The summed E-state index contributed by atoms with van der Waals surface area (Å²) in [7, 11) is 0. The molecule has 16 heavy (non-hydrogen) atoms. The smallest absolute Gasteiger partial charge is 0.0188 e. The van der Waals surface area contributed by atoms with E-state index in [1.807, 2.05) is 70.2 Å². The first-order chi connectivity index (χ1) is 7.79. The standard InChI is InChI=1S/C14H18.C2H6/c1-5-9-12-13(8-4)14(10-6-2)11-7-3;1-2/h5-12H,2,4H2,1,3H3;1-2H3/b9-5-,11-7-,13-12+,14-10+;. The summed E-state index contributed by atoms with van der Waals surface area (Å²) in [5.41, 5.74) is 2.22. The average molecular weight is 216 g/mol. The van der Waals surface area contributed by atoms with Gasteiger partial charge in [0.2, 0.25) is 0 Å². The predicted molar refractivity (Wildman–Crippen MR) is 77.5 cm³/mol. The van der Waals surface area contributed by atoms with Crippen molar-refractivity contribution in [1.82, 2.24) is 0 Å². The van der Waals surface area contributed by atoms with Gasteiger partial charge in [0.15, 0.2) is 0 Å². The molecule has 0 saturated heterocycles. The van der Waals surface area contributed by atoms with Crippen LogP contribution < -0.4 is 0 Å². The van der Waals surface area contributed by atoms with Gasteiger partial charge in [-0.15, -0.1) is 0 Å². The molecule has 0 atom stereocenters. The summed E-state index contributed by atoms with van der Waals surface area (Å²) in [6, 6.07) is 0. The lowest BCUT2D eigenvalue weighted by Crippen LogP contribution is -1.81. The molecule has 88 valence electrons. The summed E-state index contributed by atoms with van der Waals surface area (Å²) < 4.78 is 0. The second-order valence-electron chi connectivity index (χ2n) is 2.71. The zero-order valence-corrected chi connectivity index (χ0v) is 11.0. The molecule has 0 N–H and O–H groups in total. The van der Waals surface area contributed by atoms with Crippen LogP contribution in [0.25, 0.3) is 0 Å². The summed E-state index contributed by atoms with van der Waals surface area (Å²) in [4.78, 5) is 0. The highest BCUT2D eigenvalue weighted by Gasteiger charge is 1.93. The van der Waals surface area contributed by atoms with Crippen LogP contribution in [0, 0.1) is 0 Å². The molecule has 0 rings (SSSR count). The molecule has 0 aromatic heterocycles. The minimum atomic E-state index is 1.10. The maximum absolute atomic E-state index is 3.79. The van der Waals surface area contributed by atoms with Gasteiger partial charge in [-0.05, 0) is 25.0 Å². The molecule has 0 aromatic rings. The van der Waals surface area contributed by atoms with E-state index in [1.165, 1.54) is 0 Å². The van der Waals surface area contributed by atoms with Gasteiger partial charge in [-0.25, -0.2) is 0 Å². The maximum Gasteiger partial charge on any atom is -0.0188 e. The van der Waals surface area contributed by atoms with Crippen LogP contribution >= 0.6 is 0 Å². The van der Waals surface area contributed by atoms with E-state index < -0.39 is 0 Å². The van der Waals surface area contributed by atoms with E-state index in [4.69, 9.17) is 0 Å². The lowest BCUT2D eigenvalue weighted by molar-refractivity contribution is 1.50. The zero-order chi connectivity index (χ0) is 12.8. The van der Waals surface area contributed by atoms with Crippen LogP contribution in [0.4, 0.5) is 0 Å². The van der Waals surface area contributed by atoms with Gasteiger partial charge in [-0.2, -0.15) is 0 Å². The molecule has 0 bridgehead atoms. The molecule has 0 radical (unpaired) electrons. The number of hydrogen-bond donors (Lipinski definition) is 0. The Kier molecular flexibility index (Phi) is 14.2. The molecule has 0 aliphatic carbocycles. The average Bonchev–Trinajstić information content (AvgIpc) is 2.33. The second kappa shape index (κ2) is 13.4. The largest absolute Gasteiger partial charge is 0.0990 e. The van der Waals surface area contributed by atoms with Crippen LogP contribution in [0.2, 0.25) is 0 Å². The third kappa shape index (κ3) is 7.81. The lowest BCUT2D eigenvalue weighted by Gasteiger charge is -2.00. The van der Waals surface area contributed by atoms with Gasteiger partial charge in [0.1, 0.15) is 0 Å². The second-order valence-corrected chi connectivity index (χ2v) is 2.71. The van der Waals surface area contributed by atoms with Gasteiger partial charge in [-0.3, -0.25) is 0 Å². The molecule has 0 unspecified atom stereocenters. The fourth-order valence-corrected chi connectivity index (χ4v) is 1.04. The third-order valence-corrected chi connectivity index (χ3v) is 1.67. The number of hydrogen-bond acceptors (Lipinski definition) is 0. The summed E-state index contributed by atoms with van der Waals surface area (Å²) in [5.74, 6) is 0. The molecular weight excluding hydrogens is 192 g/mol. The van der Waals surface area contributed by atoms with Crippen LogP contribution in [0.5, 0.6) is 0 Å². The Labute approximate surface area is 101 Å². The Hall–Kier alpha value is -1.56. The molecule has 0 amide bonds. The predicted octanol–water partition coefficient (Wildman–Crippen LogP) is 5.39. The monoisotopic (exact) mass is 216 g/mol. The molecule has 0 nitrogen and oxygen atoms in total. The summed E-state index contributed by atoms with van der Waals surface area (Å²) in [6.07, 6.45) is 15.7. The third-order valence-electron chi connectivity index (χ3n) is 1.67. The Morgan fingerprint density at radius 2 is 1.50 bits per heavy atom. The van der Waals surface area contributed by atoms with Crippen LogP contribution in [-0.4, -0.2) is 0 Å². The van der Waals surface area contributed by atoms with Crippen molar-refractivity contribution in [3.63, 3.8) is 0 Å². The molecule has 0 heterocycles. The van der Waals surface area contributed by atoms with Crippen LogP contribution in [0.15, 0.2) is 72.9 Å². The van der Waals surface area contributed by atoms with Gasteiger partial charge in [0.05, 0.1) is 0 Å². The lowest BCUT2D eigenvalue weighted by atomic mass is 10.0. The van der Waals surface area contributed by atoms with Crippen molar-refractivity contribution >= 4 is 0 Å². The SMILES string of the molecule is C=C/C=C(\C=C/C)C(/C=C)=C/C=C\C.CC. The summed E-state index contributed by atoms with van der Waals surface area (Å²) >= 11 is 0. The van der Waals surface area contributed by atoms with Gasteiger partial charge in [0.25, 0.3) is 0 Å². The normalized spacial score (nSPS) is 12.5. The Balaban J connectivity index is 0. The van der Waals surface area contributed by atoms with Crippen molar-refractivity contribution in [3.05, 3.63) is 72.9 Å². The highest BCUT2D eigenvalue weighted by atomic mass is 14.0. The Morgan fingerprint density at radius 3 is 1.88 bits per heavy atom. The van der Waals surface area contributed by atoms with Crippen molar-refractivity contribution < 1.29 is 0 Å². The van der Waals surface area contributed by atoms with Crippen molar-refractivity contribution in [1.29, 1.82) is 0 Å². The topological polar surface area (TPSA) is 0 Å². The molecule has 0 aromatic carbocycles. The first kappa shape index (κ1) is 16.9.